The molecule has 0 bridgehead atoms. The molecule has 1 heterocycles. The topological polar surface area (TPSA) is 150 Å². The molecular weight excluding hydrogens is 450 g/mol. The Bertz CT molecular complexity index is 679. The molecule has 1 rings (SSSR count). The first kappa shape index (κ1) is 29.4. The Morgan fingerprint density at radius 2 is 1.32 bits per heavy atom. The number of Topliss-reactive ketones (excluding diaryl/α,β-unsaturated/α-hetero) is 1. The van der Waals surface area contributed by atoms with E-state index in [4.69, 9.17) is 18.9 Å². The van der Waals surface area contributed by atoms with Crippen LogP contribution in [0.1, 0.15) is 26.2 Å². The van der Waals surface area contributed by atoms with Gasteiger partial charge in [0.05, 0.1) is 39.6 Å². The Hall–Kier alpha value is -2.67. The zero-order valence-electron chi connectivity index (χ0n) is 19.7. The van der Waals surface area contributed by atoms with Gasteiger partial charge in [0, 0.05) is 58.2 Å². The highest BCUT2D eigenvalue weighted by molar-refractivity contribution is 6.13. The summed E-state index contributed by atoms with van der Waals surface area (Å²) in [6.45, 7) is 4.83. The average molecular weight is 486 g/mol. The summed E-state index contributed by atoms with van der Waals surface area (Å²) in [6.07, 6.45) is 3.35. The Balaban J connectivity index is 1.81. The summed E-state index contributed by atoms with van der Waals surface area (Å²) < 4.78 is 21.2. The Morgan fingerprint density at radius 3 is 1.94 bits per heavy atom. The number of rotatable bonds is 21. The van der Waals surface area contributed by atoms with Crippen molar-refractivity contribution in [3.63, 3.8) is 0 Å². The van der Waals surface area contributed by atoms with E-state index in [0.717, 1.165) is 4.90 Å². The number of carbonyl (C=O) groups excluding carboxylic acids is 5. The predicted molar refractivity (Wildman–Crippen MR) is 120 cm³/mol. The summed E-state index contributed by atoms with van der Waals surface area (Å²) >= 11 is 0. The van der Waals surface area contributed by atoms with E-state index in [2.05, 4.69) is 10.6 Å². The van der Waals surface area contributed by atoms with Crippen LogP contribution in [0.25, 0.3) is 0 Å². The van der Waals surface area contributed by atoms with Crippen molar-refractivity contribution < 1.29 is 42.9 Å². The Kier molecular flexibility index (Phi) is 16.2. The Labute approximate surface area is 199 Å². The van der Waals surface area contributed by atoms with Crippen LogP contribution in [0, 0.1) is 0 Å². The molecule has 1 aliphatic rings. The standard InChI is InChI=1S/C22H35N3O9/c1-18(26)23-7-11-32-15-16-34-17-19(27)3-2-10-31-13-14-33-12-8-24-20(28)6-9-25-21(29)4-5-22(25)30/h4-5H,2-3,6-17H2,1H3,(H,23,26)(H,24,28). The van der Waals surface area contributed by atoms with Gasteiger partial charge < -0.3 is 29.6 Å². The van der Waals surface area contributed by atoms with Crippen molar-refractivity contribution in [3.8, 4) is 0 Å². The number of nitrogens with one attached hydrogen (secondary N) is 2. The van der Waals surface area contributed by atoms with Gasteiger partial charge in [-0.15, -0.1) is 0 Å². The van der Waals surface area contributed by atoms with Crippen molar-refractivity contribution in [1.82, 2.24) is 15.5 Å². The van der Waals surface area contributed by atoms with E-state index in [0.29, 0.717) is 72.2 Å². The summed E-state index contributed by atoms with van der Waals surface area (Å²) in [5.41, 5.74) is 0. The molecule has 34 heavy (non-hydrogen) atoms. The smallest absolute Gasteiger partial charge is 0.253 e. The number of carbonyl (C=O) groups is 5. The maximum absolute atomic E-state index is 11.7. The van der Waals surface area contributed by atoms with Crippen molar-refractivity contribution in [2.75, 3.05) is 72.5 Å². The minimum atomic E-state index is -0.406. The first-order valence-corrected chi connectivity index (χ1v) is 11.3. The number of amides is 4. The van der Waals surface area contributed by atoms with Gasteiger partial charge in [0.15, 0.2) is 5.78 Å². The minimum absolute atomic E-state index is 0.0106. The highest BCUT2D eigenvalue weighted by Gasteiger charge is 2.23. The lowest BCUT2D eigenvalue weighted by atomic mass is 10.2. The van der Waals surface area contributed by atoms with E-state index in [-0.39, 0.29) is 37.2 Å². The average Bonchev–Trinajstić information content (AvgIpc) is 3.12. The molecule has 0 atom stereocenters. The van der Waals surface area contributed by atoms with Crippen LogP contribution in [0.3, 0.4) is 0 Å². The molecule has 0 radical (unpaired) electrons. The van der Waals surface area contributed by atoms with Gasteiger partial charge in [-0.25, -0.2) is 0 Å². The van der Waals surface area contributed by atoms with Crippen LogP contribution in [0.2, 0.25) is 0 Å². The highest BCUT2D eigenvalue weighted by Crippen LogP contribution is 2.03. The maximum Gasteiger partial charge on any atom is 0.253 e. The first-order valence-electron chi connectivity index (χ1n) is 11.3. The maximum atomic E-state index is 11.7. The molecule has 0 unspecified atom stereocenters. The normalized spacial score (nSPS) is 12.9. The van der Waals surface area contributed by atoms with Gasteiger partial charge >= 0.3 is 0 Å². The largest absolute Gasteiger partial charge is 0.379 e. The van der Waals surface area contributed by atoms with Crippen molar-refractivity contribution >= 4 is 29.4 Å². The lowest BCUT2D eigenvalue weighted by Gasteiger charge is -2.13. The second-order valence-corrected chi connectivity index (χ2v) is 7.28. The monoisotopic (exact) mass is 485 g/mol. The molecule has 0 aromatic rings. The molecule has 192 valence electrons. The molecule has 1 aliphatic heterocycles. The van der Waals surface area contributed by atoms with Crippen molar-refractivity contribution in [1.29, 1.82) is 0 Å². The van der Waals surface area contributed by atoms with Gasteiger partial charge in [-0.2, -0.15) is 0 Å². The summed E-state index contributed by atoms with van der Waals surface area (Å²) in [4.78, 5) is 57.9. The third-order valence-electron chi connectivity index (χ3n) is 4.40. The molecule has 0 spiro atoms. The summed E-state index contributed by atoms with van der Waals surface area (Å²) in [5, 5.41) is 5.26. The van der Waals surface area contributed by atoms with Crippen LogP contribution in [0.4, 0.5) is 0 Å². The van der Waals surface area contributed by atoms with Crippen LogP contribution in [0.5, 0.6) is 0 Å². The SMILES string of the molecule is CC(=O)NCCOCCOCC(=O)CCCOCCOCCNC(=O)CCN1C(=O)C=CC1=O. The van der Waals surface area contributed by atoms with Gasteiger partial charge in [-0.1, -0.05) is 0 Å². The fourth-order valence-electron chi connectivity index (χ4n) is 2.69. The van der Waals surface area contributed by atoms with Crippen molar-refractivity contribution in [2.24, 2.45) is 0 Å². The lowest BCUT2D eigenvalue weighted by molar-refractivity contribution is -0.137. The molecule has 12 nitrogen and oxygen atoms in total. The number of ketones is 1. The molecule has 12 heteroatoms. The van der Waals surface area contributed by atoms with E-state index in [1.54, 1.807) is 0 Å². The van der Waals surface area contributed by atoms with Crippen LogP contribution in [-0.2, 0) is 42.9 Å². The highest BCUT2D eigenvalue weighted by atomic mass is 16.5. The minimum Gasteiger partial charge on any atom is -0.379 e. The van der Waals surface area contributed by atoms with E-state index < -0.39 is 11.8 Å². The fourth-order valence-corrected chi connectivity index (χ4v) is 2.69. The van der Waals surface area contributed by atoms with E-state index in [1.807, 2.05) is 0 Å². The molecule has 0 saturated heterocycles. The van der Waals surface area contributed by atoms with Gasteiger partial charge in [0.1, 0.15) is 6.61 Å². The zero-order valence-corrected chi connectivity index (χ0v) is 19.7. The van der Waals surface area contributed by atoms with Crippen LogP contribution in [-0.4, -0.2) is 107 Å². The molecule has 4 amide bonds. The predicted octanol–water partition coefficient (Wildman–Crippen LogP) is -1.03. The summed E-state index contributed by atoms with van der Waals surface area (Å²) in [5.74, 6) is -1.20. The van der Waals surface area contributed by atoms with E-state index in [9.17, 15) is 24.0 Å². The van der Waals surface area contributed by atoms with Gasteiger partial charge in [-0.05, 0) is 6.42 Å². The third-order valence-corrected chi connectivity index (χ3v) is 4.40. The van der Waals surface area contributed by atoms with Gasteiger partial charge in [-0.3, -0.25) is 28.9 Å². The molecule has 2 N–H and O–H groups in total. The number of imide groups is 1. The molecule has 0 fully saturated rings. The second-order valence-electron chi connectivity index (χ2n) is 7.28. The lowest BCUT2D eigenvalue weighted by Crippen LogP contribution is -2.35. The fraction of sp³-hybridized carbons (Fsp3) is 0.682. The quantitative estimate of drug-likeness (QED) is 0.154. The summed E-state index contributed by atoms with van der Waals surface area (Å²) in [7, 11) is 0. The third kappa shape index (κ3) is 15.2. The zero-order chi connectivity index (χ0) is 25.0. The second kappa shape index (κ2) is 18.7. The summed E-state index contributed by atoms with van der Waals surface area (Å²) in [6, 6.07) is 0. The van der Waals surface area contributed by atoms with Crippen molar-refractivity contribution in [3.05, 3.63) is 12.2 Å². The molecule has 0 saturated carbocycles. The van der Waals surface area contributed by atoms with Gasteiger partial charge in [0.2, 0.25) is 11.8 Å². The molecular formula is C22H35N3O9. The number of nitrogens with zero attached hydrogens (tertiary/aromatic N) is 1. The number of hydrogen-bond acceptors (Lipinski definition) is 9. The van der Waals surface area contributed by atoms with E-state index in [1.165, 1.54) is 19.1 Å². The molecule has 0 aliphatic carbocycles. The van der Waals surface area contributed by atoms with Gasteiger partial charge in [0.25, 0.3) is 11.8 Å². The van der Waals surface area contributed by atoms with E-state index >= 15 is 0 Å². The number of hydrogen-bond donors (Lipinski definition) is 2. The Morgan fingerprint density at radius 1 is 0.765 bits per heavy atom. The molecule has 0 aromatic carbocycles. The van der Waals surface area contributed by atoms with Crippen LogP contribution < -0.4 is 10.6 Å². The molecule has 0 aromatic heterocycles. The van der Waals surface area contributed by atoms with Crippen molar-refractivity contribution in [2.45, 2.75) is 26.2 Å². The van der Waals surface area contributed by atoms with Crippen LogP contribution >= 0.6 is 0 Å². The van der Waals surface area contributed by atoms with Crippen LogP contribution in [0.15, 0.2) is 12.2 Å². The number of ether oxygens (including phenoxy) is 4. The first-order chi connectivity index (χ1) is 16.4.